The molecule has 1 aliphatic rings. The molecule has 1 unspecified atom stereocenters. The molecule has 0 fully saturated rings. The van der Waals surface area contributed by atoms with Gasteiger partial charge in [-0.3, -0.25) is 4.99 Å². The van der Waals surface area contributed by atoms with E-state index >= 15 is 0 Å². The van der Waals surface area contributed by atoms with Crippen molar-refractivity contribution in [2.24, 2.45) is 4.99 Å². The quantitative estimate of drug-likeness (QED) is 0.661. The van der Waals surface area contributed by atoms with Crippen LogP contribution in [0.1, 0.15) is 36.3 Å². The Balaban J connectivity index is 1.84. The summed E-state index contributed by atoms with van der Waals surface area (Å²) < 4.78 is 36.5. The summed E-state index contributed by atoms with van der Waals surface area (Å²) in [4.78, 5) is 3.98. The van der Waals surface area contributed by atoms with E-state index in [2.05, 4.69) is 27.8 Å². The molecule has 1 aliphatic carbocycles. The van der Waals surface area contributed by atoms with Gasteiger partial charge < -0.3 is 10.6 Å². The highest BCUT2D eigenvalue weighted by Crippen LogP contribution is 2.30. The maximum atomic E-state index is 12.2. The van der Waals surface area contributed by atoms with Crippen LogP contribution in [0, 0.1) is 0 Å². The second-order valence-electron chi connectivity index (χ2n) is 5.53. The highest BCUT2D eigenvalue weighted by atomic mass is 19.4. The van der Waals surface area contributed by atoms with E-state index in [1.165, 1.54) is 11.1 Å². The molecule has 6 heteroatoms. The smallest absolute Gasteiger partial charge is 0.356 e. The van der Waals surface area contributed by atoms with Crippen molar-refractivity contribution in [3.8, 4) is 0 Å². The Morgan fingerprint density at radius 2 is 2.05 bits per heavy atom. The third kappa shape index (κ3) is 4.93. The number of aryl methyl sites for hydroxylation is 1. The van der Waals surface area contributed by atoms with Crippen molar-refractivity contribution in [2.45, 2.75) is 37.8 Å². The molecule has 0 aliphatic heterocycles. The number of aliphatic imine (C=N–C) groups is 1. The van der Waals surface area contributed by atoms with Gasteiger partial charge in [0.15, 0.2) is 5.96 Å². The molecule has 0 saturated heterocycles. The summed E-state index contributed by atoms with van der Waals surface area (Å²) in [6, 6.07) is 8.37. The molecule has 2 N–H and O–H groups in total. The predicted molar refractivity (Wildman–Crippen MR) is 82.2 cm³/mol. The van der Waals surface area contributed by atoms with Crippen LogP contribution in [0.15, 0.2) is 29.3 Å². The van der Waals surface area contributed by atoms with E-state index < -0.39 is 12.6 Å². The molecule has 0 spiro atoms. The van der Waals surface area contributed by atoms with Crippen molar-refractivity contribution < 1.29 is 13.2 Å². The van der Waals surface area contributed by atoms with Crippen molar-refractivity contribution in [3.63, 3.8) is 0 Å². The highest BCUT2D eigenvalue weighted by Gasteiger charge is 2.26. The standard InChI is InChI=1S/C16H22F3N3/c1-20-15(21-10-9-16(17,18)19)22-11-13-7-4-6-12-5-2-3-8-14(12)13/h2-3,5,8,13H,4,6-7,9-11H2,1H3,(H2,20,21,22). The van der Waals surface area contributed by atoms with E-state index in [1.807, 2.05) is 12.1 Å². The van der Waals surface area contributed by atoms with Crippen molar-refractivity contribution in [1.29, 1.82) is 0 Å². The molecular formula is C16H22F3N3. The van der Waals surface area contributed by atoms with Crippen LogP contribution in [0.2, 0.25) is 0 Å². The zero-order valence-corrected chi connectivity index (χ0v) is 12.7. The lowest BCUT2D eigenvalue weighted by atomic mass is 9.83. The Morgan fingerprint density at radius 1 is 1.27 bits per heavy atom. The summed E-state index contributed by atoms with van der Waals surface area (Å²) in [6.07, 6.45) is -1.67. The van der Waals surface area contributed by atoms with E-state index in [-0.39, 0.29) is 6.54 Å². The Kier molecular flexibility index (Phi) is 5.69. The predicted octanol–water partition coefficient (Wildman–Crippen LogP) is 3.22. The first-order chi connectivity index (χ1) is 10.5. The number of nitrogens with one attached hydrogen (secondary N) is 2. The van der Waals surface area contributed by atoms with Gasteiger partial charge in [0.05, 0.1) is 6.42 Å². The second kappa shape index (κ2) is 7.51. The lowest BCUT2D eigenvalue weighted by molar-refractivity contribution is -0.132. The van der Waals surface area contributed by atoms with Crippen LogP contribution in [-0.2, 0) is 6.42 Å². The summed E-state index contributed by atoms with van der Waals surface area (Å²) in [6.45, 7) is 0.521. The van der Waals surface area contributed by atoms with Crippen molar-refractivity contribution in [2.75, 3.05) is 20.1 Å². The van der Waals surface area contributed by atoms with E-state index in [0.29, 0.717) is 18.4 Å². The fourth-order valence-corrected chi connectivity index (χ4v) is 2.83. The van der Waals surface area contributed by atoms with Crippen LogP contribution in [0.5, 0.6) is 0 Å². The molecule has 0 bridgehead atoms. The molecule has 0 radical (unpaired) electrons. The minimum Gasteiger partial charge on any atom is -0.356 e. The van der Waals surface area contributed by atoms with E-state index in [9.17, 15) is 13.2 Å². The molecule has 3 nitrogen and oxygen atoms in total. The number of fused-ring (bicyclic) bond motifs is 1. The van der Waals surface area contributed by atoms with Crippen molar-refractivity contribution in [3.05, 3.63) is 35.4 Å². The molecule has 22 heavy (non-hydrogen) atoms. The van der Waals surface area contributed by atoms with Gasteiger partial charge in [-0.15, -0.1) is 0 Å². The first-order valence-electron chi connectivity index (χ1n) is 7.58. The van der Waals surface area contributed by atoms with E-state index in [4.69, 9.17) is 0 Å². The lowest BCUT2D eigenvalue weighted by Gasteiger charge is -2.26. The topological polar surface area (TPSA) is 36.4 Å². The summed E-state index contributed by atoms with van der Waals surface area (Å²) in [5.74, 6) is 0.804. The van der Waals surface area contributed by atoms with Crippen LogP contribution in [-0.4, -0.2) is 32.3 Å². The monoisotopic (exact) mass is 313 g/mol. The van der Waals surface area contributed by atoms with Gasteiger partial charge in [-0.25, -0.2) is 0 Å². The average molecular weight is 313 g/mol. The molecule has 1 aromatic carbocycles. The van der Waals surface area contributed by atoms with Gasteiger partial charge in [0, 0.05) is 26.1 Å². The van der Waals surface area contributed by atoms with Gasteiger partial charge in [0.1, 0.15) is 0 Å². The minimum absolute atomic E-state index is 0.162. The molecule has 122 valence electrons. The summed E-state index contributed by atoms with van der Waals surface area (Å²) in [5.41, 5.74) is 2.72. The van der Waals surface area contributed by atoms with Gasteiger partial charge >= 0.3 is 6.18 Å². The molecule has 1 atom stereocenters. The summed E-state index contributed by atoms with van der Waals surface area (Å²) >= 11 is 0. The third-order valence-corrected chi connectivity index (χ3v) is 3.93. The highest BCUT2D eigenvalue weighted by molar-refractivity contribution is 5.79. The van der Waals surface area contributed by atoms with Gasteiger partial charge in [-0.1, -0.05) is 24.3 Å². The maximum Gasteiger partial charge on any atom is 0.390 e. The first kappa shape index (κ1) is 16.6. The molecule has 0 amide bonds. The Labute approximate surface area is 129 Å². The third-order valence-electron chi connectivity index (χ3n) is 3.93. The zero-order valence-electron chi connectivity index (χ0n) is 12.7. The maximum absolute atomic E-state index is 12.2. The van der Waals surface area contributed by atoms with Crippen LogP contribution < -0.4 is 10.6 Å². The molecule has 2 rings (SSSR count). The Hall–Kier alpha value is -1.72. The van der Waals surface area contributed by atoms with Crippen LogP contribution in [0.25, 0.3) is 0 Å². The van der Waals surface area contributed by atoms with E-state index in [0.717, 1.165) is 19.3 Å². The van der Waals surface area contributed by atoms with Crippen molar-refractivity contribution >= 4 is 5.96 Å². The van der Waals surface area contributed by atoms with Gasteiger partial charge in [-0.2, -0.15) is 13.2 Å². The largest absolute Gasteiger partial charge is 0.390 e. The Morgan fingerprint density at radius 3 is 2.77 bits per heavy atom. The molecule has 0 saturated carbocycles. The normalized spacial score (nSPS) is 18.7. The number of halogens is 3. The van der Waals surface area contributed by atoms with Crippen molar-refractivity contribution in [1.82, 2.24) is 10.6 Å². The number of hydrogen-bond donors (Lipinski definition) is 2. The van der Waals surface area contributed by atoms with Crippen LogP contribution in [0.4, 0.5) is 13.2 Å². The Bertz CT molecular complexity index is 512. The zero-order chi connectivity index (χ0) is 16.0. The summed E-state index contributed by atoms with van der Waals surface area (Å²) in [7, 11) is 1.57. The number of rotatable bonds is 4. The average Bonchev–Trinajstić information content (AvgIpc) is 2.49. The van der Waals surface area contributed by atoms with E-state index in [1.54, 1.807) is 7.05 Å². The second-order valence-corrected chi connectivity index (χ2v) is 5.53. The van der Waals surface area contributed by atoms with Gasteiger partial charge in [0.2, 0.25) is 0 Å². The number of alkyl halides is 3. The molecule has 0 heterocycles. The van der Waals surface area contributed by atoms with Gasteiger partial charge in [0.25, 0.3) is 0 Å². The lowest BCUT2D eigenvalue weighted by Crippen LogP contribution is -2.41. The van der Waals surface area contributed by atoms with Gasteiger partial charge in [-0.05, 0) is 30.4 Å². The molecule has 0 aromatic heterocycles. The summed E-state index contributed by atoms with van der Waals surface area (Å²) in [5, 5.41) is 5.85. The fraction of sp³-hybridized carbons (Fsp3) is 0.562. The fourth-order valence-electron chi connectivity index (χ4n) is 2.83. The number of benzene rings is 1. The number of hydrogen-bond acceptors (Lipinski definition) is 1. The number of nitrogens with zero attached hydrogens (tertiary/aromatic N) is 1. The van der Waals surface area contributed by atoms with Crippen LogP contribution in [0.3, 0.4) is 0 Å². The van der Waals surface area contributed by atoms with Crippen LogP contribution >= 0.6 is 0 Å². The molecule has 1 aromatic rings. The SMILES string of the molecule is CN=C(NCCC(F)(F)F)NCC1CCCc2ccccc21. The first-order valence-corrected chi connectivity index (χ1v) is 7.58. The minimum atomic E-state index is -4.14. The molecular weight excluding hydrogens is 291 g/mol. The number of guanidine groups is 1.